The van der Waals surface area contributed by atoms with E-state index in [1.165, 1.54) is 4.57 Å². The van der Waals surface area contributed by atoms with Crippen molar-refractivity contribution >= 4 is 16.8 Å². The number of hydrogen-bond donors (Lipinski definition) is 2. The minimum Gasteiger partial charge on any atom is -0.379 e. The van der Waals surface area contributed by atoms with Crippen LogP contribution in [0.5, 0.6) is 0 Å². The maximum atomic E-state index is 12.0. The summed E-state index contributed by atoms with van der Waals surface area (Å²) in [5.74, 6) is -0.127. The Kier molecular flexibility index (Phi) is 4.06. The minimum atomic E-state index is -0.499. The van der Waals surface area contributed by atoms with Crippen LogP contribution in [-0.2, 0) is 16.1 Å². The average Bonchev–Trinajstić information content (AvgIpc) is 3.00. The molecule has 2 heterocycles. The number of amides is 1. The molecule has 2 aromatic rings. The summed E-state index contributed by atoms with van der Waals surface area (Å²) in [6, 6.07) is 6.90. The van der Waals surface area contributed by atoms with Crippen LogP contribution in [0.4, 0.5) is 0 Å². The first kappa shape index (κ1) is 14.5. The lowest BCUT2D eigenvalue weighted by Crippen LogP contribution is -2.37. The van der Waals surface area contributed by atoms with Gasteiger partial charge in [0.05, 0.1) is 23.6 Å². The van der Waals surface area contributed by atoms with Crippen LogP contribution in [0.15, 0.2) is 33.9 Å². The molecule has 0 saturated carbocycles. The number of para-hydroxylation sites is 1. The Hall–Kier alpha value is -2.41. The molecule has 1 aliphatic heterocycles. The molecule has 0 radical (unpaired) electrons. The summed E-state index contributed by atoms with van der Waals surface area (Å²) in [4.78, 5) is 37.9. The van der Waals surface area contributed by atoms with E-state index < -0.39 is 11.2 Å². The van der Waals surface area contributed by atoms with Crippen molar-refractivity contribution in [2.45, 2.75) is 25.4 Å². The molecule has 1 aliphatic rings. The fourth-order valence-electron chi connectivity index (χ4n) is 2.63. The molecule has 7 nitrogen and oxygen atoms in total. The number of nitrogens with zero attached hydrogens (tertiary/aromatic N) is 1. The number of aryl methyl sites for hydroxylation is 1. The zero-order valence-electron chi connectivity index (χ0n) is 12.0. The number of rotatable bonds is 4. The maximum absolute atomic E-state index is 12.0. The second-order valence-electron chi connectivity index (χ2n) is 5.31. The molecule has 0 unspecified atom stereocenters. The summed E-state index contributed by atoms with van der Waals surface area (Å²) in [5.41, 5.74) is -0.377. The third kappa shape index (κ3) is 2.94. The van der Waals surface area contributed by atoms with Gasteiger partial charge in [-0.3, -0.25) is 19.1 Å². The van der Waals surface area contributed by atoms with Crippen LogP contribution < -0.4 is 16.6 Å². The normalized spacial score (nSPS) is 17.7. The van der Waals surface area contributed by atoms with Crippen LogP contribution in [0.3, 0.4) is 0 Å². The molecule has 7 heteroatoms. The summed E-state index contributed by atoms with van der Waals surface area (Å²) in [6.07, 6.45) is 0.986. The Morgan fingerprint density at radius 1 is 1.36 bits per heavy atom. The van der Waals surface area contributed by atoms with E-state index in [0.29, 0.717) is 24.1 Å². The lowest BCUT2D eigenvalue weighted by Gasteiger charge is -2.12. The predicted octanol–water partition coefficient (Wildman–Crippen LogP) is -0.0150. The highest BCUT2D eigenvalue weighted by molar-refractivity contribution is 5.79. The van der Waals surface area contributed by atoms with Gasteiger partial charge in [-0.2, -0.15) is 0 Å². The monoisotopic (exact) mass is 303 g/mol. The van der Waals surface area contributed by atoms with Crippen molar-refractivity contribution in [1.29, 1.82) is 0 Å². The molecule has 116 valence electrons. The molecule has 0 spiro atoms. The van der Waals surface area contributed by atoms with Crippen LogP contribution in [0.1, 0.15) is 12.8 Å². The van der Waals surface area contributed by atoms with Gasteiger partial charge in [0, 0.05) is 19.6 Å². The molecule has 1 atom stereocenters. The second-order valence-corrected chi connectivity index (χ2v) is 5.31. The molecule has 1 saturated heterocycles. The van der Waals surface area contributed by atoms with Crippen LogP contribution in [0.2, 0.25) is 0 Å². The van der Waals surface area contributed by atoms with E-state index in [-0.39, 0.29) is 24.9 Å². The van der Waals surface area contributed by atoms with E-state index in [1.807, 2.05) is 0 Å². The number of carbonyl (C=O) groups is 1. The van der Waals surface area contributed by atoms with Crippen LogP contribution >= 0.6 is 0 Å². The summed E-state index contributed by atoms with van der Waals surface area (Å²) in [5, 5.41) is 3.31. The number of aromatic nitrogens is 2. The zero-order chi connectivity index (χ0) is 15.5. The first-order chi connectivity index (χ1) is 10.6. The van der Waals surface area contributed by atoms with Crippen molar-refractivity contribution in [1.82, 2.24) is 14.9 Å². The second kappa shape index (κ2) is 6.15. The van der Waals surface area contributed by atoms with E-state index in [9.17, 15) is 14.4 Å². The molecular formula is C15H17N3O4. The molecule has 1 fully saturated rings. The van der Waals surface area contributed by atoms with Gasteiger partial charge < -0.3 is 10.1 Å². The first-order valence-corrected chi connectivity index (χ1v) is 7.24. The van der Waals surface area contributed by atoms with Gasteiger partial charge in [0.2, 0.25) is 5.91 Å². The van der Waals surface area contributed by atoms with Crippen molar-refractivity contribution < 1.29 is 9.53 Å². The summed E-state index contributed by atoms with van der Waals surface area (Å²) in [7, 11) is 0. The lowest BCUT2D eigenvalue weighted by molar-refractivity contribution is -0.122. The molecule has 2 N–H and O–H groups in total. The molecule has 3 rings (SSSR count). The standard InChI is InChI=1S/C15H17N3O4/c19-13(16-10-6-8-22-9-10)5-7-18-12-4-2-1-3-11(12)14(20)17-15(18)21/h1-4,10H,5-9H2,(H,16,19)(H,17,20,21)/t10-/m1/s1. The Morgan fingerprint density at radius 3 is 2.95 bits per heavy atom. The highest BCUT2D eigenvalue weighted by atomic mass is 16.5. The Morgan fingerprint density at radius 2 is 2.18 bits per heavy atom. The van der Waals surface area contributed by atoms with Gasteiger partial charge in [0.25, 0.3) is 5.56 Å². The third-order valence-electron chi connectivity index (χ3n) is 3.76. The predicted molar refractivity (Wildman–Crippen MR) is 80.8 cm³/mol. The molecular weight excluding hydrogens is 286 g/mol. The Labute approximate surface area is 125 Å². The van der Waals surface area contributed by atoms with E-state index in [2.05, 4.69) is 10.3 Å². The number of H-pyrrole nitrogens is 1. The summed E-state index contributed by atoms with van der Waals surface area (Å²) < 4.78 is 6.62. The average molecular weight is 303 g/mol. The number of hydrogen-bond acceptors (Lipinski definition) is 4. The molecule has 0 bridgehead atoms. The van der Waals surface area contributed by atoms with Crippen molar-refractivity contribution in [2.24, 2.45) is 0 Å². The fourth-order valence-corrected chi connectivity index (χ4v) is 2.63. The minimum absolute atomic E-state index is 0.0524. The number of carbonyl (C=O) groups excluding carboxylic acids is 1. The van der Waals surface area contributed by atoms with E-state index in [4.69, 9.17) is 4.74 Å². The highest BCUT2D eigenvalue weighted by Crippen LogP contribution is 2.08. The third-order valence-corrected chi connectivity index (χ3v) is 3.76. The smallest absolute Gasteiger partial charge is 0.328 e. The van der Waals surface area contributed by atoms with Crippen LogP contribution in [-0.4, -0.2) is 34.7 Å². The topological polar surface area (TPSA) is 93.2 Å². The quantitative estimate of drug-likeness (QED) is 0.830. The van der Waals surface area contributed by atoms with Gasteiger partial charge in [-0.25, -0.2) is 4.79 Å². The van der Waals surface area contributed by atoms with Gasteiger partial charge in [-0.15, -0.1) is 0 Å². The molecule has 22 heavy (non-hydrogen) atoms. The fraction of sp³-hybridized carbons (Fsp3) is 0.400. The first-order valence-electron chi connectivity index (χ1n) is 7.24. The largest absolute Gasteiger partial charge is 0.379 e. The summed E-state index contributed by atoms with van der Waals surface area (Å²) in [6.45, 7) is 1.41. The molecule has 0 aliphatic carbocycles. The van der Waals surface area contributed by atoms with Crippen molar-refractivity contribution in [3.05, 3.63) is 45.1 Å². The van der Waals surface area contributed by atoms with Crippen LogP contribution in [0, 0.1) is 0 Å². The van der Waals surface area contributed by atoms with Gasteiger partial charge in [0.1, 0.15) is 0 Å². The molecule has 1 aromatic carbocycles. The Balaban J connectivity index is 1.77. The Bertz CT molecular complexity index is 802. The number of benzene rings is 1. The van der Waals surface area contributed by atoms with Gasteiger partial charge in [0.15, 0.2) is 0 Å². The van der Waals surface area contributed by atoms with Gasteiger partial charge >= 0.3 is 5.69 Å². The van der Waals surface area contributed by atoms with E-state index in [1.54, 1.807) is 24.3 Å². The maximum Gasteiger partial charge on any atom is 0.328 e. The summed E-state index contributed by atoms with van der Waals surface area (Å²) >= 11 is 0. The van der Waals surface area contributed by atoms with Crippen molar-refractivity contribution in [2.75, 3.05) is 13.2 Å². The van der Waals surface area contributed by atoms with E-state index >= 15 is 0 Å². The highest BCUT2D eigenvalue weighted by Gasteiger charge is 2.17. The van der Waals surface area contributed by atoms with Crippen molar-refractivity contribution in [3.8, 4) is 0 Å². The van der Waals surface area contributed by atoms with Gasteiger partial charge in [-0.05, 0) is 18.6 Å². The lowest BCUT2D eigenvalue weighted by atomic mass is 10.2. The SMILES string of the molecule is O=C(CCn1c(=O)[nH]c(=O)c2ccccc21)N[C@@H]1CCOC1. The van der Waals surface area contributed by atoms with Gasteiger partial charge in [-0.1, -0.05) is 12.1 Å². The number of nitrogens with one attached hydrogen (secondary N) is 2. The number of ether oxygens (including phenoxy) is 1. The zero-order valence-corrected chi connectivity index (χ0v) is 12.0. The molecule has 1 amide bonds. The van der Waals surface area contributed by atoms with E-state index in [0.717, 1.165) is 6.42 Å². The van der Waals surface area contributed by atoms with Crippen LogP contribution in [0.25, 0.3) is 10.9 Å². The van der Waals surface area contributed by atoms with Crippen molar-refractivity contribution in [3.63, 3.8) is 0 Å². The number of fused-ring (bicyclic) bond motifs is 1. The number of aromatic amines is 1. The molecule has 1 aromatic heterocycles.